The molecule has 0 aliphatic carbocycles. The van der Waals surface area contributed by atoms with Crippen LogP contribution in [0.25, 0.3) is 0 Å². The van der Waals surface area contributed by atoms with Gasteiger partial charge < -0.3 is 10.1 Å². The number of ether oxygens (including phenoxy) is 1. The van der Waals surface area contributed by atoms with Gasteiger partial charge >= 0.3 is 0 Å². The molecule has 0 saturated carbocycles. The molecule has 0 spiro atoms. The fraction of sp³-hybridized carbons (Fsp3) is 0.471. The van der Waals surface area contributed by atoms with Gasteiger partial charge in [-0.05, 0) is 30.8 Å². The van der Waals surface area contributed by atoms with Crippen LogP contribution in [0, 0.1) is 12.8 Å². The highest BCUT2D eigenvalue weighted by atomic mass is 32.1. The van der Waals surface area contributed by atoms with E-state index in [2.05, 4.69) is 41.7 Å². The highest BCUT2D eigenvalue weighted by Gasteiger charge is 2.06. The first-order chi connectivity index (χ1) is 10.1. The van der Waals surface area contributed by atoms with E-state index < -0.39 is 0 Å². The van der Waals surface area contributed by atoms with Crippen LogP contribution in [-0.2, 0) is 13.0 Å². The van der Waals surface area contributed by atoms with Crippen molar-refractivity contribution in [2.24, 2.45) is 5.92 Å². The first-order valence-corrected chi connectivity index (χ1v) is 8.34. The molecule has 3 nitrogen and oxygen atoms in total. The minimum Gasteiger partial charge on any atom is -0.493 e. The Morgan fingerprint density at radius 2 is 2.24 bits per heavy atom. The molecule has 0 atom stereocenters. The van der Waals surface area contributed by atoms with Crippen LogP contribution in [0.3, 0.4) is 0 Å². The van der Waals surface area contributed by atoms with Gasteiger partial charge in [-0.25, -0.2) is 0 Å². The molecule has 21 heavy (non-hydrogen) atoms. The maximum absolute atomic E-state index is 5.98. The van der Waals surface area contributed by atoms with E-state index in [1.807, 2.05) is 19.2 Å². The van der Waals surface area contributed by atoms with E-state index in [9.17, 15) is 0 Å². The molecule has 2 heterocycles. The van der Waals surface area contributed by atoms with E-state index in [4.69, 9.17) is 4.74 Å². The quantitative estimate of drug-likeness (QED) is 0.805. The Hall–Kier alpha value is -1.39. The highest BCUT2D eigenvalue weighted by molar-refractivity contribution is 7.09. The molecule has 2 rings (SSSR count). The molecular weight excluding hydrogens is 280 g/mol. The van der Waals surface area contributed by atoms with Crippen LogP contribution in [-0.4, -0.2) is 18.1 Å². The molecule has 0 bridgehead atoms. The molecule has 0 aromatic carbocycles. The number of aromatic nitrogens is 1. The third-order valence-corrected chi connectivity index (χ3v) is 4.07. The number of rotatable bonds is 8. The van der Waals surface area contributed by atoms with Crippen molar-refractivity contribution in [3.63, 3.8) is 0 Å². The molecule has 114 valence electrons. The van der Waals surface area contributed by atoms with Crippen molar-refractivity contribution in [3.05, 3.63) is 45.9 Å². The fourth-order valence-corrected chi connectivity index (χ4v) is 2.73. The van der Waals surface area contributed by atoms with Gasteiger partial charge in [-0.2, -0.15) is 0 Å². The molecule has 0 aliphatic heterocycles. The van der Waals surface area contributed by atoms with Gasteiger partial charge in [0, 0.05) is 41.4 Å². The predicted octanol–water partition coefficient (Wildman–Crippen LogP) is 3.82. The summed E-state index contributed by atoms with van der Waals surface area (Å²) in [6.45, 7) is 8.93. The Bertz CT molecular complexity index is 538. The van der Waals surface area contributed by atoms with E-state index in [-0.39, 0.29) is 0 Å². The van der Waals surface area contributed by atoms with Crippen molar-refractivity contribution in [2.45, 2.75) is 33.7 Å². The van der Waals surface area contributed by atoms with Crippen LogP contribution in [0.15, 0.2) is 29.8 Å². The first kappa shape index (κ1) is 16.0. The van der Waals surface area contributed by atoms with Gasteiger partial charge in [-0.1, -0.05) is 19.9 Å². The van der Waals surface area contributed by atoms with E-state index in [1.165, 1.54) is 4.88 Å². The van der Waals surface area contributed by atoms with Crippen LogP contribution in [0.5, 0.6) is 5.75 Å². The Morgan fingerprint density at radius 1 is 1.38 bits per heavy atom. The summed E-state index contributed by atoms with van der Waals surface area (Å²) in [5.74, 6) is 1.60. The zero-order valence-electron chi connectivity index (χ0n) is 13.1. The van der Waals surface area contributed by atoms with Crippen LogP contribution >= 0.6 is 11.3 Å². The number of thiophene rings is 1. The predicted molar refractivity (Wildman–Crippen MR) is 89.0 cm³/mol. The number of aryl methyl sites for hydroxylation is 1. The third kappa shape index (κ3) is 5.48. The van der Waals surface area contributed by atoms with Gasteiger partial charge in [0.2, 0.25) is 0 Å². The van der Waals surface area contributed by atoms with Crippen molar-refractivity contribution >= 4 is 11.3 Å². The van der Waals surface area contributed by atoms with Gasteiger partial charge in [-0.3, -0.25) is 4.98 Å². The van der Waals surface area contributed by atoms with Crippen molar-refractivity contribution in [1.29, 1.82) is 0 Å². The molecule has 0 amide bonds. The second-order valence-corrected chi connectivity index (χ2v) is 6.67. The van der Waals surface area contributed by atoms with Gasteiger partial charge in [0.25, 0.3) is 0 Å². The van der Waals surface area contributed by atoms with Crippen LogP contribution in [0.4, 0.5) is 0 Å². The maximum Gasteiger partial charge on any atom is 0.127 e. The molecule has 2 aromatic heterocycles. The summed E-state index contributed by atoms with van der Waals surface area (Å²) in [5.41, 5.74) is 2.13. The fourth-order valence-electron chi connectivity index (χ4n) is 2.04. The summed E-state index contributed by atoms with van der Waals surface area (Å²) in [5, 5.41) is 5.55. The Kier molecular flexibility index (Phi) is 6.21. The van der Waals surface area contributed by atoms with E-state index >= 15 is 0 Å². The second kappa shape index (κ2) is 8.15. The Morgan fingerprint density at radius 3 is 2.95 bits per heavy atom. The number of nitrogens with one attached hydrogen (secondary N) is 1. The second-order valence-electron chi connectivity index (χ2n) is 5.64. The Balaban J connectivity index is 1.91. The number of nitrogens with zero attached hydrogens (tertiary/aromatic N) is 1. The third-order valence-electron chi connectivity index (χ3n) is 3.13. The molecule has 0 fully saturated rings. The Labute approximate surface area is 131 Å². The summed E-state index contributed by atoms with van der Waals surface area (Å²) >= 11 is 1.78. The van der Waals surface area contributed by atoms with Crippen molar-refractivity contribution in [2.75, 3.05) is 13.2 Å². The van der Waals surface area contributed by atoms with E-state index in [1.54, 1.807) is 11.3 Å². The molecular formula is C17H24N2OS. The van der Waals surface area contributed by atoms with Gasteiger partial charge in [0.1, 0.15) is 5.75 Å². The summed E-state index contributed by atoms with van der Waals surface area (Å²) in [4.78, 5) is 5.74. The standard InChI is InChI=1S/C17H24N2OS/c1-13(2)10-18-11-15-12-19-14(3)9-17(15)20-7-6-16-5-4-8-21-16/h4-5,8-9,12-13,18H,6-7,10-11H2,1-3H3. The first-order valence-electron chi connectivity index (χ1n) is 7.46. The average Bonchev–Trinajstić information content (AvgIpc) is 2.94. The average molecular weight is 304 g/mol. The summed E-state index contributed by atoms with van der Waals surface area (Å²) in [6.07, 6.45) is 2.88. The van der Waals surface area contributed by atoms with Crippen LogP contribution < -0.4 is 10.1 Å². The lowest BCUT2D eigenvalue weighted by Gasteiger charge is -2.13. The minimum atomic E-state index is 0.645. The van der Waals surface area contributed by atoms with Crippen LogP contribution in [0.2, 0.25) is 0 Å². The zero-order valence-corrected chi connectivity index (χ0v) is 13.9. The molecule has 0 radical (unpaired) electrons. The molecule has 2 aromatic rings. The monoisotopic (exact) mass is 304 g/mol. The topological polar surface area (TPSA) is 34.1 Å². The number of hydrogen-bond acceptors (Lipinski definition) is 4. The molecule has 1 N–H and O–H groups in total. The molecule has 0 saturated heterocycles. The molecule has 0 aliphatic rings. The SMILES string of the molecule is Cc1cc(OCCc2cccs2)c(CNCC(C)C)cn1. The van der Waals surface area contributed by atoms with Crippen LogP contribution in [0.1, 0.15) is 30.0 Å². The molecule has 0 unspecified atom stereocenters. The largest absolute Gasteiger partial charge is 0.493 e. The van der Waals surface area contributed by atoms with Crippen molar-refractivity contribution < 1.29 is 4.74 Å². The lowest BCUT2D eigenvalue weighted by molar-refractivity contribution is 0.317. The summed E-state index contributed by atoms with van der Waals surface area (Å²) < 4.78 is 5.98. The van der Waals surface area contributed by atoms with Crippen molar-refractivity contribution in [1.82, 2.24) is 10.3 Å². The lowest BCUT2D eigenvalue weighted by atomic mass is 10.2. The zero-order chi connectivity index (χ0) is 15.1. The maximum atomic E-state index is 5.98. The number of pyridine rings is 1. The van der Waals surface area contributed by atoms with Gasteiger partial charge in [0.15, 0.2) is 0 Å². The van der Waals surface area contributed by atoms with Gasteiger partial charge in [-0.15, -0.1) is 11.3 Å². The lowest BCUT2D eigenvalue weighted by Crippen LogP contribution is -2.19. The van der Waals surface area contributed by atoms with Crippen molar-refractivity contribution in [3.8, 4) is 5.75 Å². The minimum absolute atomic E-state index is 0.645. The smallest absolute Gasteiger partial charge is 0.127 e. The summed E-state index contributed by atoms with van der Waals surface area (Å²) in [7, 11) is 0. The normalized spacial score (nSPS) is 11.0. The summed E-state index contributed by atoms with van der Waals surface area (Å²) in [6, 6.07) is 6.26. The highest BCUT2D eigenvalue weighted by Crippen LogP contribution is 2.19. The van der Waals surface area contributed by atoms with E-state index in [0.717, 1.165) is 36.5 Å². The van der Waals surface area contributed by atoms with E-state index in [0.29, 0.717) is 12.5 Å². The van der Waals surface area contributed by atoms with Gasteiger partial charge in [0.05, 0.1) is 6.61 Å². The molecule has 4 heteroatoms. The number of hydrogen-bond donors (Lipinski definition) is 1.